The first-order valence-electron chi connectivity index (χ1n) is 6.41. The van der Waals surface area contributed by atoms with Crippen LogP contribution >= 0.6 is 0 Å². The molecule has 0 aliphatic rings. The molecule has 0 bridgehead atoms. The van der Waals surface area contributed by atoms with E-state index in [-0.39, 0.29) is 11.2 Å². The normalized spacial score (nSPS) is 13.7. The Hall–Kier alpha value is -1.12. The molecule has 3 nitrogen and oxygen atoms in total. The molecule has 1 atom stereocenters. The number of aryl methyl sites for hydroxylation is 1. The SMILES string of the molecule is CCCn1nccc1C(=O)CC(C)C(C)(C)C. The molecule has 1 heterocycles. The minimum Gasteiger partial charge on any atom is -0.292 e. The number of hydrogen-bond acceptors (Lipinski definition) is 2. The van der Waals surface area contributed by atoms with Crippen LogP contribution in [0.15, 0.2) is 12.3 Å². The van der Waals surface area contributed by atoms with Gasteiger partial charge in [0.15, 0.2) is 5.78 Å². The van der Waals surface area contributed by atoms with Crippen molar-refractivity contribution in [3.05, 3.63) is 18.0 Å². The van der Waals surface area contributed by atoms with Gasteiger partial charge in [-0.3, -0.25) is 9.48 Å². The van der Waals surface area contributed by atoms with Crippen LogP contribution in [0.2, 0.25) is 0 Å². The third kappa shape index (κ3) is 3.69. The van der Waals surface area contributed by atoms with E-state index in [9.17, 15) is 4.79 Å². The summed E-state index contributed by atoms with van der Waals surface area (Å²) in [5, 5.41) is 4.19. The number of Topliss-reactive ketones (excluding diaryl/α,β-unsaturated/α-hetero) is 1. The average Bonchev–Trinajstić information content (AvgIpc) is 2.65. The van der Waals surface area contributed by atoms with Gasteiger partial charge in [-0.05, 0) is 23.8 Å². The topological polar surface area (TPSA) is 34.9 Å². The molecule has 0 fully saturated rings. The second-order valence-corrected chi connectivity index (χ2v) is 5.83. The zero-order valence-corrected chi connectivity index (χ0v) is 11.7. The number of nitrogens with zero attached hydrogens (tertiary/aromatic N) is 2. The van der Waals surface area contributed by atoms with Crippen molar-refractivity contribution < 1.29 is 4.79 Å². The quantitative estimate of drug-likeness (QED) is 0.733. The summed E-state index contributed by atoms with van der Waals surface area (Å²) in [4.78, 5) is 12.2. The lowest BCUT2D eigenvalue weighted by molar-refractivity contribution is 0.0916. The van der Waals surface area contributed by atoms with Gasteiger partial charge in [0.1, 0.15) is 5.69 Å². The third-order valence-electron chi connectivity index (χ3n) is 3.41. The number of rotatable bonds is 5. The lowest BCUT2D eigenvalue weighted by Crippen LogP contribution is -2.22. The second-order valence-electron chi connectivity index (χ2n) is 5.83. The van der Waals surface area contributed by atoms with Crippen molar-refractivity contribution in [2.75, 3.05) is 0 Å². The Morgan fingerprint density at radius 3 is 2.65 bits per heavy atom. The van der Waals surface area contributed by atoms with Crippen LogP contribution in [0.1, 0.15) is 57.9 Å². The molecular formula is C14H24N2O. The molecule has 0 spiro atoms. The molecule has 1 aromatic rings. The number of hydrogen-bond donors (Lipinski definition) is 0. The maximum atomic E-state index is 12.2. The number of carbonyl (C=O) groups excluding carboxylic acids is 1. The van der Waals surface area contributed by atoms with Crippen molar-refractivity contribution in [1.82, 2.24) is 9.78 Å². The Balaban J connectivity index is 2.73. The number of carbonyl (C=O) groups is 1. The molecule has 1 unspecified atom stereocenters. The van der Waals surface area contributed by atoms with Crippen molar-refractivity contribution in [3.8, 4) is 0 Å². The van der Waals surface area contributed by atoms with Crippen molar-refractivity contribution in [2.24, 2.45) is 11.3 Å². The van der Waals surface area contributed by atoms with Crippen molar-refractivity contribution >= 4 is 5.78 Å². The van der Waals surface area contributed by atoms with Gasteiger partial charge in [-0.25, -0.2) is 0 Å². The summed E-state index contributed by atoms with van der Waals surface area (Å²) in [5.41, 5.74) is 0.925. The van der Waals surface area contributed by atoms with E-state index in [4.69, 9.17) is 0 Å². The zero-order chi connectivity index (χ0) is 13.1. The van der Waals surface area contributed by atoms with E-state index in [1.54, 1.807) is 6.20 Å². The van der Waals surface area contributed by atoms with Gasteiger partial charge in [0.25, 0.3) is 0 Å². The summed E-state index contributed by atoms with van der Waals surface area (Å²) in [5.74, 6) is 0.582. The fourth-order valence-electron chi connectivity index (χ4n) is 1.65. The van der Waals surface area contributed by atoms with Gasteiger partial charge in [-0.15, -0.1) is 0 Å². The number of aromatic nitrogens is 2. The predicted molar refractivity (Wildman–Crippen MR) is 70.1 cm³/mol. The van der Waals surface area contributed by atoms with Gasteiger partial charge in [-0.1, -0.05) is 34.6 Å². The van der Waals surface area contributed by atoms with Crippen molar-refractivity contribution in [2.45, 2.75) is 54.0 Å². The van der Waals surface area contributed by atoms with E-state index in [2.05, 4.69) is 39.7 Å². The molecule has 0 N–H and O–H groups in total. The third-order valence-corrected chi connectivity index (χ3v) is 3.41. The monoisotopic (exact) mass is 236 g/mol. The zero-order valence-electron chi connectivity index (χ0n) is 11.7. The molecule has 1 aromatic heterocycles. The van der Waals surface area contributed by atoms with Crippen LogP contribution in [0.3, 0.4) is 0 Å². The molecule has 0 radical (unpaired) electrons. The van der Waals surface area contributed by atoms with E-state index < -0.39 is 0 Å². The van der Waals surface area contributed by atoms with Crippen molar-refractivity contribution in [3.63, 3.8) is 0 Å². The molecule has 3 heteroatoms. The van der Waals surface area contributed by atoms with Crippen LogP contribution < -0.4 is 0 Å². The second kappa shape index (κ2) is 5.48. The fourth-order valence-corrected chi connectivity index (χ4v) is 1.65. The van der Waals surface area contributed by atoms with Gasteiger partial charge in [0, 0.05) is 19.2 Å². The van der Waals surface area contributed by atoms with E-state index in [0.717, 1.165) is 18.7 Å². The minimum absolute atomic E-state index is 0.172. The lowest BCUT2D eigenvalue weighted by atomic mass is 9.79. The Kier molecular flexibility index (Phi) is 4.49. The van der Waals surface area contributed by atoms with Gasteiger partial charge < -0.3 is 0 Å². The molecule has 0 aromatic carbocycles. The first-order valence-corrected chi connectivity index (χ1v) is 6.41. The highest BCUT2D eigenvalue weighted by Gasteiger charge is 2.24. The molecule has 0 aliphatic heterocycles. The Morgan fingerprint density at radius 2 is 2.12 bits per heavy atom. The molecule has 0 saturated heterocycles. The van der Waals surface area contributed by atoms with Gasteiger partial charge >= 0.3 is 0 Å². The van der Waals surface area contributed by atoms with Crippen LogP contribution in [0.4, 0.5) is 0 Å². The Morgan fingerprint density at radius 1 is 1.47 bits per heavy atom. The largest absolute Gasteiger partial charge is 0.292 e. The maximum Gasteiger partial charge on any atom is 0.181 e. The highest BCUT2D eigenvalue weighted by Crippen LogP contribution is 2.29. The molecule has 1 rings (SSSR count). The predicted octanol–water partition coefficient (Wildman–Crippen LogP) is 3.55. The molecular weight excluding hydrogens is 212 g/mol. The Bertz CT molecular complexity index is 374. The van der Waals surface area contributed by atoms with E-state index in [0.29, 0.717) is 12.3 Å². The molecule has 0 aliphatic carbocycles. The average molecular weight is 236 g/mol. The van der Waals surface area contributed by atoms with Crippen LogP contribution in [0.25, 0.3) is 0 Å². The van der Waals surface area contributed by atoms with Crippen LogP contribution in [0.5, 0.6) is 0 Å². The van der Waals surface area contributed by atoms with E-state index in [1.165, 1.54) is 0 Å². The smallest absolute Gasteiger partial charge is 0.181 e. The highest BCUT2D eigenvalue weighted by molar-refractivity contribution is 5.94. The lowest BCUT2D eigenvalue weighted by Gasteiger charge is -2.26. The summed E-state index contributed by atoms with van der Waals surface area (Å²) >= 11 is 0. The highest BCUT2D eigenvalue weighted by atomic mass is 16.1. The molecule has 17 heavy (non-hydrogen) atoms. The standard InChI is InChI=1S/C14H24N2O/c1-6-9-16-12(7-8-15-16)13(17)10-11(2)14(3,4)5/h7-8,11H,6,9-10H2,1-5H3. The van der Waals surface area contributed by atoms with E-state index >= 15 is 0 Å². The summed E-state index contributed by atoms with van der Waals surface area (Å²) in [6, 6.07) is 1.83. The summed E-state index contributed by atoms with van der Waals surface area (Å²) in [6.07, 6.45) is 3.31. The van der Waals surface area contributed by atoms with E-state index in [1.807, 2.05) is 10.7 Å². The number of ketones is 1. The van der Waals surface area contributed by atoms with Crippen LogP contribution in [-0.2, 0) is 6.54 Å². The van der Waals surface area contributed by atoms with Gasteiger partial charge in [-0.2, -0.15) is 5.10 Å². The fraction of sp³-hybridized carbons (Fsp3) is 0.714. The summed E-state index contributed by atoms with van der Waals surface area (Å²) in [6.45, 7) is 11.6. The minimum atomic E-state index is 0.172. The van der Waals surface area contributed by atoms with Gasteiger partial charge in [0.05, 0.1) is 0 Å². The van der Waals surface area contributed by atoms with Gasteiger partial charge in [0.2, 0.25) is 0 Å². The summed E-state index contributed by atoms with van der Waals surface area (Å²) in [7, 11) is 0. The molecule has 96 valence electrons. The van der Waals surface area contributed by atoms with Crippen LogP contribution in [0, 0.1) is 11.3 Å². The molecule has 0 saturated carbocycles. The van der Waals surface area contributed by atoms with Crippen molar-refractivity contribution in [1.29, 1.82) is 0 Å². The maximum absolute atomic E-state index is 12.2. The first-order chi connectivity index (χ1) is 7.86. The first kappa shape index (κ1) is 13.9. The molecule has 0 amide bonds. The summed E-state index contributed by atoms with van der Waals surface area (Å²) < 4.78 is 1.82. The Labute approximate surface area is 104 Å². The van der Waals surface area contributed by atoms with Crippen LogP contribution in [-0.4, -0.2) is 15.6 Å².